The van der Waals surface area contributed by atoms with Crippen LogP contribution in [0, 0.1) is 0 Å². The van der Waals surface area contributed by atoms with E-state index in [1.54, 1.807) is 11.1 Å². The summed E-state index contributed by atoms with van der Waals surface area (Å²) in [6.45, 7) is 3.62. The van der Waals surface area contributed by atoms with E-state index in [4.69, 9.17) is 0 Å². The molecule has 1 aliphatic heterocycles. The van der Waals surface area contributed by atoms with Gasteiger partial charge in [0, 0.05) is 6.04 Å². The highest BCUT2D eigenvalue weighted by molar-refractivity contribution is 5.28. The zero-order valence-electron chi connectivity index (χ0n) is 12.7. The largest absolute Gasteiger partial charge is 0.303 e. The number of fused-ring (bicyclic) bond motifs is 1. The lowest BCUT2D eigenvalue weighted by molar-refractivity contribution is 0.250. The van der Waals surface area contributed by atoms with Gasteiger partial charge in [-0.05, 0) is 57.3 Å². The number of nitrogens with zero attached hydrogens (tertiary/aromatic N) is 1. The van der Waals surface area contributed by atoms with Gasteiger partial charge in [0.1, 0.15) is 0 Å². The Labute approximate surface area is 119 Å². The summed E-state index contributed by atoms with van der Waals surface area (Å²) in [6, 6.07) is 9.72. The average Bonchev–Trinajstić information content (AvgIpc) is 2.43. The van der Waals surface area contributed by atoms with Gasteiger partial charge in [0.15, 0.2) is 0 Å². The molecule has 1 unspecified atom stereocenters. The number of likely N-dealkylation sites (N-methyl/N-ethyl adjacent to an activating group) is 1. The molecule has 1 aromatic rings. The fourth-order valence-electron chi connectivity index (χ4n) is 3.08. The van der Waals surface area contributed by atoms with Crippen LogP contribution in [0.15, 0.2) is 24.3 Å². The summed E-state index contributed by atoms with van der Waals surface area (Å²) in [7, 11) is 2.28. The Morgan fingerprint density at radius 3 is 2.32 bits per heavy atom. The van der Waals surface area contributed by atoms with Gasteiger partial charge in [-0.2, -0.15) is 0 Å². The quantitative estimate of drug-likeness (QED) is 0.665. The lowest BCUT2D eigenvalue weighted by Crippen LogP contribution is -2.32. The first kappa shape index (κ1) is 14.6. The van der Waals surface area contributed by atoms with Crippen molar-refractivity contribution in [3.63, 3.8) is 0 Å². The van der Waals surface area contributed by atoms with Crippen LogP contribution in [0.4, 0.5) is 0 Å². The summed E-state index contributed by atoms with van der Waals surface area (Å²) in [5.74, 6) is 0. The van der Waals surface area contributed by atoms with Crippen LogP contribution >= 0.6 is 0 Å². The second-order valence-electron chi connectivity index (χ2n) is 6.17. The smallest absolute Gasteiger partial charge is 0.0104 e. The van der Waals surface area contributed by atoms with E-state index in [-0.39, 0.29) is 0 Å². The second kappa shape index (κ2) is 7.69. The molecule has 106 valence electrons. The third-order valence-corrected chi connectivity index (χ3v) is 4.59. The van der Waals surface area contributed by atoms with E-state index in [1.165, 1.54) is 57.9 Å². The topological polar surface area (TPSA) is 3.24 Å². The molecule has 1 aromatic carbocycles. The maximum absolute atomic E-state index is 2.54. The Morgan fingerprint density at radius 1 is 0.895 bits per heavy atom. The molecule has 0 aromatic heterocycles. The minimum absolute atomic E-state index is 0.655. The van der Waals surface area contributed by atoms with E-state index in [9.17, 15) is 0 Å². The average molecular weight is 259 g/mol. The predicted octanol–water partition coefficient (Wildman–Crippen LogP) is 4.45. The van der Waals surface area contributed by atoms with Gasteiger partial charge in [0.25, 0.3) is 0 Å². The van der Waals surface area contributed by atoms with Crippen molar-refractivity contribution in [1.29, 1.82) is 0 Å². The molecule has 0 N–H and O–H groups in total. The van der Waals surface area contributed by atoms with Crippen LogP contribution in [0.2, 0.25) is 0 Å². The molecule has 0 amide bonds. The van der Waals surface area contributed by atoms with Crippen LogP contribution in [0.3, 0.4) is 0 Å². The van der Waals surface area contributed by atoms with E-state index in [1.807, 2.05) is 0 Å². The number of benzene rings is 1. The Balaban J connectivity index is 2.08. The molecule has 0 saturated carbocycles. The molecule has 0 spiro atoms. The van der Waals surface area contributed by atoms with Crippen LogP contribution in [0.1, 0.15) is 56.6 Å². The Hall–Kier alpha value is -0.820. The minimum atomic E-state index is 0.655. The van der Waals surface area contributed by atoms with Crippen molar-refractivity contribution in [1.82, 2.24) is 4.90 Å². The van der Waals surface area contributed by atoms with Crippen molar-refractivity contribution in [3.05, 3.63) is 35.4 Å². The summed E-state index contributed by atoms with van der Waals surface area (Å²) in [5.41, 5.74) is 3.16. The van der Waals surface area contributed by atoms with E-state index in [0.717, 1.165) is 0 Å². The predicted molar refractivity (Wildman–Crippen MR) is 83.6 cm³/mol. The van der Waals surface area contributed by atoms with Crippen molar-refractivity contribution in [3.8, 4) is 0 Å². The zero-order valence-corrected chi connectivity index (χ0v) is 12.7. The third kappa shape index (κ3) is 4.65. The maximum atomic E-state index is 2.54. The summed E-state index contributed by atoms with van der Waals surface area (Å²) < 4.78 is 0. The summed E-state index contributed by atoms with van der Waals surface area (Å²) in [4.78, 5) is 2.54. The molecule has 0 fully saturated rings. The highest BCUT2D eigenvalue weighted by Crippen LogP contribution is 2.18. The molecular weight excluding hydrogens is 230 g/mol. The van der Waals surface area contributed by atoms with E-state index in [0.29, 0.717) is 6.04 Å². The molecule has 1 heterocycles. The van der Waals surface area contributed by atoms with Gasteiger partial charge in [-0.1, -0.05) is 49.9 Å². The number of hydrogen-bond donors (Lipinski definition) is 0. The van der Waals surface area contributed by atoms with Gasteiger partial charge in [-0.25, -0.2) is 0 Å². The fraction of sp³-hybridized carbons (Fsp3) is 0.667. The molecule has 1 aliphatic rings. The van der Waals surface area contributed by atoms with Gasteiger partial charge in [-0.15, -0.1) is 0 Å². The number of rotatable bonds is 0. The van der Waals surface area contributed by atoms with E-state index < -0.39 is 0 Å². The van der Waals surface area contributed by atoms with Crippen molar-refractivity contribution in [2.75, 3.05) is 13.6 Å². The standard InChI is InChI=1S/C18H29N/c1-16-15-18-13-9-8-12-17(18)11-7-5-3-4-6-10-14-19(16)2/h8-9,12-13,16H,3-7,10-11,14-15H2,1-2H3. The van der Waals surface area contributed by atoms with Crippen molar-refractivity contribution in [2.45, 2.75) is 64.3 Å². The van der Waals surface area contributed by atoms with Gasteiger partial charge in [-0.3, -0.25) is 0 Å². The minimum Gasteiger partial charge on any atom is -0.303 e. The molecule has 0 aliphatic carbocycles. The first-order valence-corrected chi connectivity index (χ1v) is 8.04. The van der Waals surface area contributed by atoms with Crippen LogP contribution < -0.4 is 0 Å². The normalized spacial score (nSPS) is 23.8. The van der Waals surface area contributed by atoms with Gasteiger partial charge in [0.2, 0.25) is 0 Å². The summed E-state index contributed by atoms with van der Waals surface area (Å²) >= 11 is 0. The highest BCUT2D eigenvalue weighted by Gasteiger charge is 2.12. The number of aryl methyl sites for hydroxylation is 1. The molecule has 0 radical (unpaired) electrons. The number of hydrogen-bond acceptors (Lipinski definition) is 1. The Kier molecular flexibility index (Phi) is 5.91. The highest BCUT2D eigenvalue weighted by atomic mass is 15.1. The molecule has 0 bridgehead atoms. The Morgan fingerprint density at radius 2 is 1.53 bits per heavy atom. The first-order valence-electron chi connectivity index (χ1n) is 8.04. The van der Waals surface area contributed by atoms with E-state index in [2.05, 4.69) is 43.1 Å². The maximum Gasteiger partial charge on any atom is 0.0104 e. The molecule has 1 nitrogen and oxygen atoms in total. The zero-order chi connectivity index (χ0) is 13.5. The molecular formula is C18H29N. The summed E-state index contributed by atoms with van der Waals surface area (Å²) in [6.07, 6.45) is 10.8. The van der Waals surface area contributed by atoms with E-state index >= 15 is 0 Å². The molecule has 2 rings (SSSR count). The molecule has 1 heteroatoms. The summed E-state index contributed by atoms with van der Waals surface area (Å²) in [5, 5.41) is 0. The monoisotopic (exact) mass is 259 g/mol. The molecule has 0 saturated heterocycles. The first-order chi connectivity index (χ1) is 9.27. The fourth-order valence-corrected chi connectivity index (χ4v) is 3.08. The van der Waals surface area contributed by atoms with Crippen LogP contribution in [0.25, 0.3) is 0 Å². The second-order valence-corrected chi connectivity index (χ2v) is 6.17. The lowest BCUT2D eigenvalue weighted by atomic mass is 9.96. The van der Waals surface area contributed by atoms with Crippen molar-refractivity contribution >= 4 is 0 Å². The SMILES string of the molecule is CC1Cc2ccccc2CCCCCCCCN1C. The Bertz CT molecular complexity index is 372. The van der Waals surface area contributed by atoms with Crippen LogP contribution in [-0.4, -0.2) is 24.5 Å². The van der Waals surface area contributed by atoms with Crippen LogP contribution in [0.5, 0.6) is 0 Å². The van der Waals surface area contributed by atoms with Gasteiger partial charge < -0.3 is 4.90 Å². The van der Waals surface area contributed by atoms with Gasteiger partial charge >= 0.3 is 0 Å². The van der Waals surface area contributed by atoms with Gasteiger partial charge in [0.05, 0.1) is 0 Å². The molecule has 19 heavy (non-hydrogen) atoms. The van der Waals surface area contributed by atoms with Crippen LogP contribution in [-0.2, 0) is 12.8 Å². The molecule has 1 atom stereocenters. The van der Waals surface area contributed by atoms with Crippen molar-refractivity contribution < 1.29 is 0 Å². The lowest BCUT2D eigenvalue weighted by Gasteiger charge is -2.25. The third-order valence-electron chi connectivity index (χ3n) is 4.59. The van der Waals surface area contributed by atoms with Crippen molar-refractivity contribution in [2.24, 2.45) is 0 Å².